The quantitative estimate of drug-likeness (QED) is 0.603. The van der Waals surface area contributed by atoms with E-state index < -0.39 is 0 Å². The Morgan fingerprint density at radius 2 is 1.67 bits per heavy atom. The standard InChI is InChI=1S/C16H16O2/c1-2-16(17)18-15-11-7-6-10-14(15)12-13-8-4-3-5-9-13/h3-11H,2,12H2,1H3. The van der Waals surface area contributed by atoms with Gasteiger partial charge in [-0.15, -0.1) is 0 Å². The van der Waals surface area contributed by atoms with Crippen molar-refractivity contribution in [3.8, 4) is 5.75 Å². The molecule has 0 amide bonds. The third-order valence-electron chi connectivity index (χ3n) is 2.72. The number of ether oxygens (including phenoxy) is 1. The molecule has 2 aromatic carbocycles. The second-order valence-electron chi connectivity index (χ2n) is 4.10. The molecular weight excluding hydrogens is 224 g/mol. The third-order valence-corrected chi connectivity index (χ3v) is 2.72. The highest BCUT2D eigenvalue weighted by Crippen LogP contribution is 2.21. The Hall–Kier alpha value is -2.09. The molecule has 0 saturated heterocycles. The van der Waals surface area contributed by atoms with Crippen molar-refractivity contribution in [1.29, 1.82) is 0 Å². The van der Waals surface area contributed by atoms with E-state index >= 15 is 0 Å². The zero-order valence-electron chi connectivity index (χ0n) is 10.4. The normalized spacial score (nSPS) is 10.1. The van der Waals surface area contributed by atoms with Crippen LogP contribution in [0.15, 0.2) is 54.6 Å². The van der Waals surface area contributed by atoms with Gasteiger partial charge in [0.1, 0.15) is 5.75 Å². The fourth-order valence-electron chi connectivity index (χ4n) is 1.76. The maximum atomic E-state index is 11.4. The highest BCUT2D eigenvalue weighted by atomic mass is 16.5. The molecule has 2 nitrogen and oxygen atoms in total. The summed E-state index contributed by atoms with van der Waals surface area (Å²) >= 11 is 0. The minimum absolute atomic E-state index is 0.199. The predicted molar refractivity (Wildman–Crippen MR) is 71.6 cm³/mol. The Balaban J connectivity index is 2.20. The Bertz CT molecular complexity index is 518. The lowest BCUT2D eigenvalue weighted by Gasteiger charge is -2.09. The Morgan fingerprint density at radius 3 is 2.39 bits per heavy atom. The lowest BCUT2D eigenvalue weighted by molar-refractivity contribution is -0.134. The first-order chi connectivity index (χ1) is 8.79. The number of carbonyl (C=O) groups is 1. The van der Waals surface area contributed by atoms with Crippen molar-refractivity contribution in [3.05, 3.63) is 65.7 Å². The molecular formula is C16H16O2. The zero-order chi connectivity index (χ0) is 12.8. The SMILES string of the molecule is CCC(=O)Oc1ccccc1Cc1ccccc1. The van der Waals surface area contributed by atoms with E-state index in [1.807, 2.05) is 42.5 Å². The van der Waals surface area contributed by atoms with E-state index in [1.54, 1.807) is 6.92 Å². The Morgan fingerprint density at radius 1 is 1.00 bits per heavy atom. The van der Waals surface area contributed by atoms with E-state index in [9.17, 15) is 4.79 Å². The van der Waals surface area contributed by atoms with Gasteiger partial charge in [-0.05, 0) is 17.2 Å². The third kappa shape index (κ3) is 3.20. The second kappa shape index (κ2) is 6.01. The minimum atomic E-state index is -0.199. The van der Waals surface area contributed by atoms with Gasteiger partial charge in [-0.3, -0.25) is 4.79 Å². The maximum absolute atomic E-state index is 11.4. The maximum Gasteiger partial charge on any atom is 0.310 e. The molecule has 0 fully saturated rings. The Kier molecular flexibility index (Phi) is 4.13. The van der Waals surface area contributed by atoms with Crippen LogP contribution < -0.4 is 4.74 Å². The van der Waals surface area contributed by atoms with Gasteiger partial charge in [0.15, 0.2) is 0 Å². The molecule has 0 aromatic heterocycles. The van der Waals surface area contributed by atoms with Gasteiger partial charge in [-0.25, -0.2) is 0 Å². The summed E-state index contributed by atoms with van der Waals surface area (Å²) in [6, 6.07) is 17.8. The second-order valence-corrected chi connectivity index (χ2v) is 4.10. The molecule has 92 valence electrons. The molecule has 0 unspecified atom stereocenters. The predicted octanol–water partition coefficient (Wildman–Crippen LogP) is 3.59. The van der Waals surface area contributed by atoms with Crippen LogP contribution in [0.4, 0.5) is 0 Å². The number of benzene rings is 2. The number of esters is 1. The molecule has 0 saturated carbocycles. The number of rotatable bonds is 4. The number of para-hydroxylation sites is 1. The topological polar surface area (TPSA) is 26.3 Å². The summed E-state index contributed by atoms with van der Waals surface area (Å²) < 4.78 is 5.33. The summed E-state index contributed by atoms with van der Waals surface area (Å²) in [6.45, 7) is 1.79. The summed E-state index contributed by atoms with van der Waals surface area (Å²) in [5.74, 6) is 0.462. The molecule has 0 heterocycles. The van der Waals surface area contributed by atoms with Crippen molar-refractivity contribution in [2.24, 2.45) is 0 Å². The van der Waals surface area contributed by atoms with Gasteiger partial charge in [0.25, 0.3) is 0 Å². The van der Waals surface area contributed by atoms with Gasteiger partial charge in [0, 0.05) is 12.8 Å². The van der Waals surface area contributed by atoms with Crippen molar-refractivity contribution in [1.82, 2.24) is 0 Å². The van der Waals surface area contributed by atoms with Crippen molar-refractivity contribution in [2.75, 3.05) is 0 Å². The largest absolute Gasteiger partial charge is 0.426 e. The van der Waals surface area contributed by atoms with Crippen LogP contribution in [0.3, 0.4) is 0 Å². The van der Waals surface area contributed by atoms with Crippen LogP contribution in [0.2, 0.25) is 0 Å². The van der Waals surface area contributed by atoms with Crippen LogP contribution in [0.5, 0.6) is 5.75 Å². The van der Waals surface area contributed by atoms with Gasteiger partial charge in [0.2, 0.25) is 0 Å². The molecule has 0 radical (unpaired) electrons. The van der Waals surface area contributed by atoms with E-state index in [0.717, 1.165) is 12.0 Å². The molecule has 0 spiro atoms. The number of hydrogen-bond acceptors (Lipinski definition) is 2. The van der Waals surface area contributed by atoms with Crippen molar-refractivity contribution in [2.45, 2.75) is 19.8 Å². The first-order valence-corrected chi connectivity index (χ1v) is 6.12. The van der Waals surface area contributed by atoms with Gasteiger partial charge < -0.3 is 4.74 Å². The van der Waals surface area contributed by atoms with Crippen LogP contribution in [-0.4, -0.2) is 5.97 Å². The van der Waals surface area contributed by atoms with Crippen LogP contribution >= 0.6 is 0 Å². The van der Waals surface area contributed by atoms with E-state index in [1.165, 1.54) is 5.56 Å². The molecule has 2 rings (SSSR count). The van der Waals surface area contributed by atoms with Gasteiger partial charge in [0.05, 0.1) is 0 Å². The smallest absolute Gasteiger partial charge is 0.310 e. The van der Waals surface area contributed by atoms with E-state index in [4.69, 9.17) is 4.74 Å². The van der Waals surface area contributed by atoms with Crippen LogP contribution in [0.1, 0.15) is 24.5 Å². The molecule has 0 aliphatic rings. The van der Waals surface area contributed by atoms with E-state index in [2.05, 4.69) is 12.1 Å². The molecule has 0 aliphatic carbocycles. The highest BCUT2D eigenvalue weighted by molar-refractivity contribution is 5.72. The fraction of sp³-hybridized carbons (Fsp3) is 0.188. The highest BCUT2D eigenvalue weighted by Gasteiger charge is 2.07. The first kappa shape index (κ1) is 12.4. The summed E-state index contributed by atoms with van der Waals surface area (Å²) in [5, 5.41) is 0. The molecule has 0 N–H and O–H groups in total. The van der Waals surface area contributed by atoms with Gasteiger partial charge in [-0.2, -0.15) is 0 Å². The van der Waals surface area contributed by atoms with Crippen LogP contribution in [-0.2, 0) is 11.2 Å². The number of carbonyl (C=O) groups excluding carboxylic acids is 1. The number of hydrogen-bond donors (Lipinski definition) is 0. The molecule has 0 aliphatic heterocycles. The minimum Gasteiger partial charge on any atom is -0.426 e. The lowest BCUT2D eigenvalue weighted by atomic mass is 10.0. The zero-order valence-corrected chi connectivity index (χ0v) is 10.4. The van der Waals surface area contributed by atoms with Crippen molar-refractivity contribution >= 4 is 5.97 Å². The summed E-state index contributed by atoms with van der Waals surface area (Å²) in [5.41, 5.74) is 2.24. The summed E-state index contributed by atoms with van der Waals surface area (Å²) in [7, 11) is 0. The molecule has 2 heteroatoms. The summed E-state index contributed by atoms with van der Waals surface area (Å²) in [6.07, 6.45) is 1.16. The summed E-state index contributed by atoms with van der Waals surface area (Å²) in [4.78, 5) is 11.4. The van der Waals surface area contributed by atoms with Crippen molar-refractivity contribution in [3.63, 3.8) is 0 Å². The fourth-order valence-corrected chi connectivity index (χ4v) is 1.76. The van der Waals surface area contributed by atoms with Gasteiger partial charge in [-0.1, -0.05) is 55.5 Å². The average molecular weight is 240 g/mol. The molecule has 2 aromatic rings. The van der Waals surface area contributed by atoms with Crippen LogP contribution in [0.25, 0.3) is 0 Å². The average Bonchev–Trinajstić information content (AvgIpc) is 2.42. The monoisotopic (exact) mass is 240 g/mol. The molecule has 0 bridgehead atoms. The van der Waals surface area contributed by atoms with E-state index in [-0.39, 0.29) is 5.97 Å². The Labute approximate surface area is 107 Å². The lowest BCUT2D eigenvalue weighted by Crippen LogP contribution is -2.07. The van der Waals surface area contributed by atoms with Crippen molar-refractivity contribution < 1.29 is 9.53 Å². The van der Waals surface area contributed by atoms with Crippen LogP contribution in [0, 0.1) is 0 Å². The first-order valence-electron chi connectivity index (χ1n) is 6.12. The van der Waals surface area contributed by atoms with E-state index in [0.29, 0.717) is 12.2 Å². The molecule has 18 heavy (non-hydrogen) atoms. The molecule has 0 atom stereocenters. The van der Waals surface area contributed by atoms with Gasteiger partial charge >= 0.3 is 5.97 Å².